The van der Waals surface area contributed by atoms with Gasteiger partial charge in [0.15, 0.2) is 9.84 Å². The standard InChI is InChI=1S/C13H19Br2NO2S/c1-9-7-10(14)12(11(15)8-9)16-5-6-19(17,18)13(2,3)4/h7-8,16H,5-6H2,1-4H3. The minimum absolute atomic E-state index is 0.114. The maximum Gasteiger partial charge on any atom is 0.156 e. The number of hydrogen-bond acceptors (Lipinski definition) is 3. The molecule has 0 unspecified atom stereocenters. The lowest BCUT2D eigenvalue weighted by atomic mass is 10.2. The van der Waals surface area contributed by atoms with Gasteiger partial charge in [-0.15, -0.1) is 0 Å². The number of halogens is 2. The van der Waals surface area contributed by atoms with Gasteiger partial charge in [-0.25, -0.2) is 8.42 Å². The summed E-state index contributed by atoms with van der Waals surface area (Å²) >= 11 is 6.95. The van der Waals surface area contributed by atoms with Crippen molar-refractivity contribution in [3.05, 3.63) is 26.6 Å². The van der Waals surface area contributed by atoms with Gasteiger partial charge in [0.2, 0.25) is 0 Å². The Morgan fingerprint density at radius 2 is 1.63 bits per heavy atom. The quantitative estimate of drug-likeness (QED) is 0.807. The average Bonchev–Trinajstić information content (AvgIpc) is 2.20. The van der Waals surface area contributed by atoms with E-state index in [9.17, 15) is 8.42 Å². The van der Waals surface area contributed by atoms with Gasteiger partial charge < -0.3 is 5.32 Å². The summed E-state index contributed by atoms with van der Waals surface area (Å²) in [5.74, 6) is 0.114. The van der Waals surface area contributed by atoms with Crippen molar-refractivity contribution in [1.29, 1.82) is 0 Å². The van der Waals surface area contributed by atoms with E-state index in [-0.39, 0.29) is 5.75 Å². The Morgan fingerprint density at radius 1 is 1.16 bits per heavy atom. The van der Waals surface area contributed by atoms with Crippen molar-refractivity contribution < 1.29 is 8.42 Å². The molecule has 0 spiro atoms. The summed E-state index contributed by atoms with van der Waals surface area (Å²) < 4.78 is 25.1. The monoisotopic (exact) mass is 411 g/mol. The maximum atomic E-state index is 12.0. The number of benzene rings is 1. The Labute approximate surface area is 132 Å². The molecule has 0 bridgehead atoms. The van der Waals surface area contributed by atoms with Crippen LogP contribution < -0.4 is 5.32 Å². The van der Waals surface area contributed by atoms with Crippen molar-refractivity contribution in [2.24, 2.45) is 0 Å². The molecule has 6 heteroatoms. The average molecular weight is 413 g/mol. The van der Waals surface area contributed by atoms with Crippen LogP contribution in [0.4, 0.5) is 5.69 Å². The van der Waals surface area contributed by atoms with Crippen LogP contribution in [0, 0.1) is 6.92 Å². The van der Waals surface area contributed by atoms with Crippen LogP contribution >= 0.6 is 31.9 Å². The zero-order valence-electron chi connectivity index (χ0n) is 11.5. The lowest BCUT2D eigenvalue weighted by Crippen LogP contribution is -2.32. The molecule has 0 heterocycles. The van der Waals surface area contributed by atoms with E-state index in [1.807, 2.05) is 19.1 Å². The molecule has 108 valence electrons. The molecule has 1 N–H and O–H groups in total. The third-order valence-corrected chi connectivity index (χ3v) is 6.65. The van der Waals surface area contributed by atoms with Crippen molar-refractivity contribution in [3.63, 3.8) is 0 Å². The highest BCUT2D eigenvalue weighted by molar-refractivity contribution is 9.11. The van der Waals surface area contributed by atoms with E-state index in [1.165, 1.54) is 0 Å². The molecule has 1 aromatic rings. The summed E-state index contributed by atoms with van der Waals surface area (Å²) in [6, 6.07) is 3.98. The SMILES string of the molecule is Cc1cc(Br)c(NCCS(=O)(=O)C(C)(C)C)c(Br)c1. The summed E-state index contributed by atoms with van der Waals surface area (Å²) in [5.41, 5.74) is 2.02. The second kappa shape index (κ2) is 6.14. The Balaban J connectivity index is 2.75. The van der Waals surface area contributed by atoms with Gasteiger partial charge in [0.1, 0.15) is 0 Å². The first-order chi connectivity index (χ1) is 8.54. The highest BCUT2D eigenvalue weighted by Gasteiger charge is 2.28. The number of aryl methyl sites for hydroxylation is 1. The van der Waals surface area contributed by atoms with Gasteiger partial charge in [-0.3, -0.25) is 0 Å². The second-order valence-electron chi connectivity index (χ2n) is 5.46. The molecule has 1 aromatic carbocycles. The van der Waals surface area contributed by atoms with E-state index in [1.54, 1.807) is 20.8 Å². The summed E-state index contributed by atoms with van der Waals surface area (Å²) in [6.07, 6.45) is 0. The Bertz CT molecular complexity index is 539. The molecule has 0 aliphatic carbocycles. The summed E-state index contributed by atoms with van der Waals surface area (Å²) in [6.45, 7) is 7.56. The Hall–Kier alpha value is -0.0700. The minimum Gasteiger partial charge on any atom is -0.382 e. The molecule has 0 aliphatic heterocycles. The fourth-order valence-corrected chi connectivity index (χ4v) is 4.16. The summed E-state index contributed by atoms with van der Waals surface area (Å²) in [4.78, 5) is 0. The number of nitrogens with one attached hydrogen (secondary N) is 1. The molecule has 0 saturated heterocycles. The maximum absolute atomic E-state index is 12.0. The van der Waals surface area contributed by atoms with Crippen molar-refractivity contribution in [2.75, 3.05) is 17.6 Å². The number of rotatable bonds is 4. The van der Waals surface area contributed by atoms with Gasteiger partial charge in [-0.05, 0) is 77.3 Å². The van der Waals surface area contributed by atoms with Crippen LogP contribution in [0.3, 0.4) is 0 Å². The third-order valence-electron chi connectivity index (χ3n) is 2.79. The number of anilines is 1. The topological polar surface area (TPSA) is 46.2 Å². The lowest BCUT2D eigenvalue weighted by molar-refractivity contribution is 0.560. The predicted molar refractivity (Wildman–Crippen MR) is 88.6 cm³/mol. The summed E-state index contributed by atoms with van der Waals surface area (Å²) in [5, 5.41) is 3.16. The molecule has 0 aromatic heterocycles. The molecule has 3 nitrogen and oxygen atoms in total. The number of hydrogen-bond donors (Lipinski definition) is 1. The normalized spacial score (nSPS) is 12.5. The first kappa shape index (κ1) is 17.0. The van der Waals surface area contributed by atoms with Gasteiger partial charge >= 0.3 is 0 Å². The molecule has 0 fully saturated rings. The van der Waals surface area contributed by atoms with Crippen LogP contribution in [-0.4, -0.2) is 25.5 Å². The van der Waals surface area contributed by atoms with E-state index >= 15 is 0 Å². The molecule has 0 aliphatic rings. The van der Waals surface area contributed by atoms with E-state index in [0.717, 1.165) is 20.2 Å². The third kappa shape index (κ3) is 4.46. The van der Waals surface area contributed by atoms with Gasteiger partial charge in [-0.2, -0.15) is 0 Å². The Morgan fingerprint density at radius 3 is 2.05 bits per heavy atom. The van der Waals surface area contributed by atoms with Crippen LogP contribution in [0.1, 0.15) is 26.3 Å². The first-order valence-corrected chi connectivity index (χ1v) is 9.20. The van der Waals surface area contributed by atoms with E-state index < -0.39 is 14.6 Å². The van der Waals surface area contributed by atoms with Crippen molar-refractivity contribution in [3.8, 4) is 0 Å². The highest BCUT2D eigenvalue weighted by Crippen LogP contribution is 2.32. The Kier molecular flexibility index (Phi) is 5.49. The smallest absolute Gasteiger partial charge is 0.156 e. The summed E-state index contributed by atoms with van der Waals surface area (Å²) in [7, 11) is -3.09. The van der Waals surface area contributed by atoms with Gasteiger partial charge in [0, 0.05) is 15.5 Å². The zero-order valence-corrected chi connectivity index (χ0v) is 15.5. The molecule has 0 atom stereocenters. The molecular weight excluding hydrogens is 394 g/mol. The minimum atomic E-state index is -3.09. The van der Waals surface area contributed by atoms with Crippen LogP contribution in [-0.2, 0) is 9.84 Å². The molecule has 0 amide bonds. The van der Waals surface area contributed by atoms with Crippen LogP contribution in [0.5, 0.6) is 0 Å². The van der Waals surface area contributed by atoms with Gasteiger partial charge in [0.05, 0.1) is 16.2 Å². The zero-order chi connectivity index (χ0) is 14.8. The van der Waals surface area contributed by atoms with Gasteiger partial charge in [-0.1, -0.05) is 0 Å². The van der Waals surface area contributed by atoms with Gasteiger partial charge in [0.25, 0.3) is 0 Å². The first-order valence-electron chi connectivity index (χ1n) is 5.96. The molecular formula is C13H19Br2NO2S. The van der Waals surface area contributed by atoms with Crippen LogP contribution in [0.15, 0.2) is 21.1 Å². The molecule has 0 saturated carbocycles. The van der Waals surface area contributed by atoms with Crippen molar-refractivity contribution in [1.82, 2.24) is 0 Å². The van der Waals surface area contributed by atoms with Crippen molar-refractivity contribution >= 4 is 47.4 Å². The largest absolute Gasteiger partial charge is 0.382 e. The van der Waals surface area contributed by atoms with Crippen molar-refractivity contribution in [2.45, 2.75) is 32.4 Å². The van der Waals surface area contributed by atoms with E-state index in [0.29, 0.717) is 6.54 Å². The fourth-order valence-electron chi connectivity index (χ4n) is 1.49. The van der Waals surface area contributed by atoms with E-state index in [2.05, 4.69) is 37.2 Å². The van der Waals surface area contributed by atoms with E-state index in [4.69, 9.17) is 0 Å². The van der Waals surface area contributed by atoms with Crippen LogP contribution in [0.25, 0.3) is 0 Å². The molecule has 1 rings (SSSR count). The second-order valence-corrected chi connectivity index (χ2v) is 10.0. The molecule has 0 radical (unpaired) electrons. The number of sulfone groups is 1. The predicted octanol–water partition coefficient (Wildman–Crippen LogP) is 4.15. The molecule has 19 heavy (non-hydrogen) atoms. The highest BCUT2D eigenvalue weighted by atomic mass is 79.9. The fraction of sp³-hybridized carbons (Fsp3) is 0.538. The lowest BCUT2D eigenvalue weighted by Gasteiger charge is -2.20. The van der Waals surface area contributed by atoms with Crippen LogP contribution in [0.2, 0.25) is 0 Å².